The van der Waals surface area contributed by atoms with E-state index in [9.17, 15) is 20.2 Å². The summed E-state index contributed by atoms with van der Waals surface area (Å²) in [4.78, 5) is 20.1. The second-order valence-electron chi connectivity index (χ2n) is 3.61. The highest BCUT2D eigenvalue weighted by atomic mass is 16.6. The first-order valence-corrected chi connectivity index (χ1v) is 7.07. The van der Waals surface area contributed by atoms with Crippen LogP contribution in [-0.2, 0) is 0 Å². The van der Waals surface area contributed by atoms with Crippen molar-refractivity contribution in [1.29, 1.82) is 0 Å². The van der Waals surface area contributed by atoms with Crippen molar-refractivity contribution in [3.8, 4) is 11.1 Å². The van der Waals surface area contributed by atoms with E-state index in [1.54, 1.807) is 24.3 Å². The number of hydrogen-bond donors (Lipinski definition) is 0. The van der Waals surface area contributed by atoms with E-state index in [0.717, 1.165) is 11.1 Å². The minimum atomic E-state index is -0.473. The third-order valence-corrected chi connectivity index (χ3v) is 2.49. The first kappa shape index (κ1) is 19.2. The second-order valence-corrected chi connectivity index (χ2v) is 3.61. The quantitative estimate of drug-likeness (QED) is 0.574. The van der Waals surface area contributed by atoms with Crippen LogP contribution in [0.1, 0.15) is 27.7 Å². The largest absolute Gasteiger partial charge is 0.269 e. The molecule has 0 aliphatic heterocycles. The number of nitro benzene ring substituents is 2. The smallest absolute Gasteiger partial charge is 0.258 e. The van der Waals surface area contributed by atoms with Gasteiger partial charge in [0.15, 0.2) is 0 Å². The van der Waals surface area contributed by atoms with E-state index < -0.39 is 9.85 Å². The molecule has 0 aliphatic rings. The molecule has 0 bridgehead atoms. The molecule has 0 aliphatic carbocycles. The van der Waals surface area contributed by atoms with E-state index in [4.69, 9.17) is 0 Å². The van der Waals surface area contributed by atoms with E-state index in [2.05, 4.69) is 0 Å². The summed E-state index contributed by atoms with van der Waals surface area (Å²) in [7, 11) is 0. The lowest BCUT2D eigenvalue weighted by Crippen LogP contribution is -1.88. The molecule has 0 atom stereocenters. The van der Waals surface area contributed by atoms with Crippen molar-refractivity contribution in [1.82, 2.24) is 0 Å². The van der Waals surface area contributed by atoms with Crippen LogP contribution in [0.5, 0.6) is 0 Å². The van der Waals surface area contributed by atoms with Crippen molar-refractivity contribution in [3.05, 3.63) is 68.8 Å². The molecular weight excluding hydrogens is 284 g/mol. The first-order chi connectivity index (χ1) is 10.6. The Kier molecular flexibility index (Phi) is 8.78. The minimum absolute atomic E-state index is 0.0145. The predicted molar refractivity (Wildman–Crippen MR) is 87.9 cm³/mol. The maximum atomic E-state index is 10.5. The van der Waals surface area contributed by atoms with Gasteiger partial charge < -0.3 is 0 Å². The normalized spacial score (nSPS) is 8.73. The van der Waals surface area contributed by atoms with Gasteiger partial charge in [0.25, 0.3) is 11.4 Å². The molecule has 118 valence electrons. The topological polar surface area (TPSA) is 86.3 Å². The van der Waals surface area contributed by atoms with Crippen LogP contribution < -0.4 is 0 Å². The summed E-state index contributed by atoms with van der Waals surface area (Å²) < 4.78 is 0. The third-order valence-electron chi connectivity index (χ3n) is 2.49. The molecule has 6 heteroatoms. The van der Waals surface area contributed by atoms with Gasteiger partial charge in [-0.25, -0.2) is 0 Å². The van der Waals surface area contributed by atoms with Gasteiger partial charge in [-0.05, 0) is 35.4 Å². The molecule has 2 rings (SSSR count). The highest BCUT2D eigenvalue weighted by Crippen LogP contribution is 2.24. The van der Waals surface area contributed by atoms with Crippen LogP contribution in [0, 0.1) is 20.2 Å². The van der Waals surface area contributed by atoms with Gasteiger partial charge in [-0.15, -0.1) is 0 Å². The number of rotatable bonds is 3. The fraction of sp³-hybridized carbons (Fsp3) is 0.250. The van der Waals surface area contributed by atoms with E-state index in [1.807, 2.05) is 27.7 Å². The summed E-state index contributed by atoms with van der Waals surface area (Å²) in [6.45, 7) is 8.00. The van der Waals surface area contributed by atoms with E-state index in [1.165, 1.54) is 24.3 Å². The maximum Gasteiger partial charge on any atom is 0.269 e. The minimum Gasteiger partial charge on any atom is -0.258 e. The number of non-ortho nitro benzene ring substituents is 2. The molecule has 0 saturated carbocycles. The molecule has 0 amide bonds. The Balaban J connectivity index is 0.00000102. The lowest BCUT2D eigenvalue weighted by Gasteiger charge is -2.00. The molecule has 0 N–H and O–H groups in total. The summed E-state index contributed by atoms with van der Waals surface area (Å²) in [5, 5.41) is 21.0. The van der Waals surface area contributed by atoms with Crippen molar-refractivity contribution in [2.45, 2.75) is 27.7 Å². The molecule has 0 saturated heterocycles. The summed E-state index contributed by atoms with van der Waals surface area (Å²) in [5.74, 6) is 0. The fourth-order valence-corrected chi connectivity index (χ4v) is 1.55. The molecule has 2 aromatic carbocycles. The first-order valence-electron chi connectivity index (χ1n) is 7.07. The van der Waals surface area contributed by atoms with Gasteiger partial charge in [-0.3, -0.25) is 20.2 Å². The zero-order valence-electron chi connectivity index (χ0n) is 13.1. The monoisotopic (exact) mass is 304 g/mol. The standard InChI is InChI=1S/C12H8N2O4.2C2H6/c15-13(16)11-5-1-9(2-6-11)10-3-7-12(8-4-10)14(17)18;2*1-2/h1-8H;2*1-2H3. The summed E-state index contributed by atoms with van der Waals surface area (Å²) in [6, 6.07) is 12.0. The summed E-state index contributed by atoms with van der Waals surface area (Å²) in [6.07, 6.45) is 0. The summed E-state index contributed by atoms with van der Waals surface area (Å²) in [5.41, 5.74) is 1.58. The van der Waals surface area contributed by atoms with E-state index >= 15 is 0 Å². The molecule has 22 heavy (non-hydrogen) atoms. The van der Waals surface area contributed by atoms with Gasteiger partial charge in [0.1, 0.15) is 0 Å². The molecule has 0 spiro atoms. The Morgan fingerprint density at radius 2 is 0.818 bits per heavy atom. The van der Waals surface area contributed by atoms with Crippen molar-refractivity contribution in [2.24, 2.45) is 0 Å². The Morgan fingerprint density at radius 3 is 1.00 bits per heavy atom. The van der Waals surface area contributed by atoms with Crippen LogP contribution in [0.25, 0.3) is 11.1 Å². The Hall–Kier alpha value is -2.76. The van der Waals surface area contributed by atoms with Crippen molar-refractivity contribution in [3.63, 3.8) is 0 Å². The molecule has 0 fully saturated rings. The number of nitrogens with zero attached hydrogens (tertiary/aromatic N) is 2. The summed E-state index contributed by atoms with van der Waals surface area (Å²) >= 11 is 0. The van der Waals surface area contributed by atoms with Gasteiger partial charge >= 0.3 is 0 Å². The molecule has 0 unspecified atom stereocenters. The zero-order valence-corrected chi connectivity index (χ0v) is 13.1. The van der Waals surface area contributed by atoms with Crippen LogP contribution in [0.2, 0.25) is 0 Å². The second kappa shape index (κ2) is 10.0. The van der Waals surface area contributed by atoms with Crippen LogP contribution in [0.15, 0.2) is 48.5 Å². The fourth-order valence-electron chi connectivity index (χ4n) is 1.55. The highest BCUT2D eigenvalue weighted by molar-refractivity contribution is 5.65. The third kappa shape index (κ3) is 5.32. The Bertz CT molecular complexity index is 537. The molecule has 6 nitrogen and oxygen atoms in total. The van der Waals surface area contributed by atoms with Crippen LogP contribution in [0.4, 0.5) is 11.4 Å². The van der Waals surface area contributed by atoms with Crippen LogP contribution >= 0.6 is 0 Å². The maximum absolute atomic E-state index is 10.5. The highest BCUT2D eigenvalue weighted by Gasteiger charge is 2.07. The molecule has 0 aromatic heterocycles. The average molecular weight is 304 g/mol. The van der Waals surface area contributed by atoms with E-state index in [0.29, 0.717) is 0 Å². The van der Waals surface area contributed by atoms with Crippen molar-refractivity contribution >= 4 is 11.4 Å². The van der Waals surface area contributed by atoms with Gasteiger partial charge in [0.2, 0.25) is 0 Å². The Labute approximate surface area is 129 Å². The predicted octanol–water partition coefficient (Wildman–Crippen LogP) is 5.22. The van der Waals surface area contributed by atoms with E-state index in [-0.39, 0.29) is 11.4 Å². The Morgan fingerprint density at radius 1 is 0.591 bits per heavy atom. The number of nitro groups is 2. The SMILES string of the molecule is CC.CC.O=[N+]([O-])c1ccc(-c2ccc([N+](=O)[O-])cc2)cc1. The molecular formula is C16H20N2O4. The van der Waals surface area contributed by atoms with Crippen molar-refractivity contribution in [2.75, 3.05) is 0 Å². The molecule has 0 heterocycles. The van der Waals surface area contributed by atoms with Gasteiger partial charge in [0, 0.05) is 24.3 Å². The average Bonchev–Trinajstić information content (AvgIpc) is 2.58. The lowest BCUT2D eigenvalue weighted by molar-refractivity contribution is -0.385. The van der Waals surface area contributed by atoms with Gasteiger partial charge in [0.05, 0.1) is 9.85 Å². The molecule has 0 radical (unpaired) electrons. The number of benzene rings is 2. The number of hydrogen-bond acceptors (Lipinski definition) is 4. The molecule has 2 aromatic rings. The zero-order chi connectivity index (χ0) is 17.1. The van der Waals surface area contributed by atoms with Gasteiger partial charge in [-0.1, -0.05) is 27.7 Å². The van der Waals surface area contributed by atoms with Crippen LogP contribution in [0.3, 0.4) is 0 Å². The lowest BCUT2D eigenvalue weighted by atomic mass is 10.1. The van der Waals surface area contributed by atoms with Gasteiger partial charge in [-0.2, -0.15) is 0 Å². The van der Waals surface area contributed by atoms with Crippen LogP contribution in [-0.4, -0.2) is 9.85 Å². The van der Waals surface area contributed by atoms with Crippen molar-refractivity contribution < 1.29 is 9.85 Å².